The van der Waals surface area contributed by atoms with E-state index >= 15 is 0 Å². The number of ether oxygens (including phenoxy) is 1. The molecule has 1 saturated heterocycles. The van der Waals surface area contributed by atoms with Crippen molar-refractivity contribution in [2.24, 2.45) is 0 Å². The molecule has 1 aliphatic heterocycles. The van der Waals surface area contributed by atoms with Crippen molar-refractivity contribution >= 4 is 17.0 Å². The fourth-order valence-corrected chi connectivity index (χ4v) is 2.40. The molecule has 0 aromatic carbocycles. The number of fused-ring (bicyclic) bond motifs is 1. The van der Waals surface area contributed by atoms with Gasteiger partial charge >= 0.3 is 0 Å². The molecule has 0 radical (unpaired) electrons. The minimum absolute atomic E-state index is 0.173. The highest BCUT2D eigenvalue weighted by atomic mass is 19.1. The Morgan fingerprint density at radius 2 is 2.25 bits per heavy atom. The van der Waals surface area contributed by atoms with Gasteiger partial charge in [-0.15, -0.1) is 0 Å². The van der Waals surface area contributed by atoms with Gasteiger partial charge in [0, 0.05) is 0 Å². The van der Waals surface area contributed by atoms with E-state index in [1.165, 1.54) is 24.1 Å². The summed E-state index contributed by atoms with van der Waals surface area (Å²) in [6.45, 7) is 0.718. The van der Waals surface area contributed by atoms with Crippen molar-refractivity contribution in [3.8, 4) is 0 Å². The molecule has 1 fully saturated rings. The van der Waals surface area contributed by atoms with E-state index in [0.717, 1.165) is 0 Å². The monoisotopic (exact) mass is 283 g/mol. The summed E-state index contributed by atoms with van der Waals surface area (Å²) in [6, 6.07) is 0. The van der Waals surface area contributed by atoms with Crippen LogP contribution in [-0.2, 0) is 4.74 Å². The van der Waals surface area contributed by atoms with Crippen LogP contribution in [0, 0.1) is 0 Å². The molecule has 1 aliphatic rings. The van der Waals surface area contributed by atoms with Gasteiger partial charge in [-0.25, -0.2) is 19.3 Å². The van der Waals surface area contributed by atoms with Crippen LogP contribution in [0.1, 0.15) is 13.2 Å². The van der Waals surface area contributed by atoms with Gasteiger partial charge in [0.25, 0.3) is 0 Å². The fourth-order valence-electron chi connectivity index (χ4n) is 2.40. The lowest BCUT2D eigenvalue weighted by molar-refractivity contribution is -0.0566. The van der Waals surface area contributed by atoms with Crippen LogP contribution in [0.3, 0.4) is 0 Å². The first-order valence-electron chi connectivity index (χ1n) is 6.03. The SMILES string of the molecule is C[C@]1(F)C(n2cnc3c(N)ncnc32)O[C@H](CO)[C@H]1O. The Hall–Kier alpha value is -1.84. The molecule has 0 amide bonds. The highest BCUT2D eigenvalue weighted by molar-refractivity contribution is 5.81. The number of rotatable bonds is 2. The van der Waals surface area contributed by atoms with Crippen LogP contribution in [0.25, 0.3) is 11.2 Å². The smallest absolute Gasteiger partial charge is 0.181 e. The molecule has 2 aromatic rings. The highest BCUT2D eigenvalue weighted by Gasteiger charge is 2.55. The Balaban J connectivity index is 2.10. The third kappa shape index (κ3) is 1.67. The zero-order valence-electron chi connectivity index (χ0n) is 10.6. The molecule has 0 aliphatic carbocycles. The van der Waals surface area contributed by atoms with Crippen molar-refractivity contribution in [1.82, 2.24) is 19.5 Å². The van der Waals surface area contributed by atoms with Crippen molar-refractivity contribution in [2.75, 3.05) is 12.3 Å². The molecule has 108 valence electrons. The van der Waals surface area contributed by atoms with E-state index in [4.69, 9.17) is 15.6 Å². The van der Waals surface area contributed by atoms with Gasteiger partial charge in [0.2, 0.25) is 0 Å². The van der Waals surface area contributed by atoms with Crippen LogP contribution in [0.2, 0.25) is 0 Å². The average molecular weight is 283 g/mol. The molecule has 4 N–H and O–H groups in total. The molecule has 0 spiro atoms. The van der Waals surface area contributed by atoms with Gasteiger partial charge in [-0.1, -0.05) is 0 Å². The van der Waals surface area contributed by atoms with Crippen molar-refractivity contribution in [3.05, 3.63) is 12.7 Å². The van der Waals surface area contributed by atoms with Crippen LogP contribution >= 0.6 is 0 Å². The van der Waals surface area contributed by atoms with Crippen molar-refractivity contribution in [3.63, 3.8) is 0 Å². The zero-order chi connectivity index (χ0) is 14.5. The summed E-state index contributed by atoms with van der Waals surface area (Å²) in [7, 11) is 0. The predicted octanol–water partition coefficient (Wildman–Crippen LogP) is -0.613. The lowest BCUT2D eigenvalue weighted by Gasteiger charge is -2.24. The number of aliphatic hydroxyl groups excluding tert-OH is 2. The second-order valence-corrected chi connectivity index (χ2v) is 4.89. The fraction of sp³-hybridized carbons (Fsp3) is 0.545. The third-order valence-corrected chi connectivity index (χ3v) is 3.54. The van der Waals surface area contributed by atoms with Gasteiger partial charge in [-0.3, -0.25) is 4.57 Å². The lowest BCUT2D eigenvalue weighted by atomic mass is 9.98. The summed E-state index contributed by atoms with van der Waals surface area (Å²) >= 11 is 0. The Bertz CT molecular complexity index is 646. The number of hydrogen-bond acceptors (Lipinski definition) is 7. The first kappa shape index (κ1) is 13.2. The third-order valence-electron chi connectivity index (χ3n) is 3.54. The maximum absolute atomic E-state index is 14.7. The maximum atomic E-state index is 14.7. The zero-order valence-corrected chi connectivity index (χ0v) is 10.6. The van der Waals surface area contributed by atoms with E-state index in [-0.39, 0.29) is 5.82 Å². The molecule has 0 saturated carbocycles. The summed E-state index contributed by atoms with van der Waals surface area (Å²) in [5, 5.41) is 19.0. The van der Waals surface area contributed by atoms with Crippen molar-refractivity contribution < 1.29 is 19.3 Å². The van der Waals surface area contributed by atoms with Crippen LogP contribution < -0.4 is 5.73 Å². The number of nitrogen functional groups attached to an aromatic ring is 1. The second kappa shape index (κ2) is 4.33. The molecular formula is C11H14FN5O3. The van der Waals surface area contributed by atoms with Gasteiger partial charge in [0.05, 0.1) is 12.9 Å². The van der Waals surface area contributed by atoms with Gasteiger partial charge < -0.3 is 20.7 Å². The van der Waals surface area contributed by atoms with E-state index in [1.54, 1.807) is 0 Å². The first-order valence-corrected chi connectivity index (χ1v) is 6.03. The molecule has 0 bridgehead atoms. The van der Waals surface area contributed by atoms with Crippen LogP contribution in [-0.4, -0.2) is 54.2 Å². The lowest BCUT2D eigenvalue weighted by Crippen LogP contribution is -2.40. The molecule has 20 heavy (non-hydrogen) atoms. The number of nitrogens with two attached hydrogens (primary N) is 1. The van der Waals surface area contributed by atoms with E-state index in [9.17, 15) is 9.50 Å². The van der Waals surface area contributed by atoms with Crippen molar-refractivity contribution in [2.45, 2.75) is 31.0 Å². The molecule has 2 aromatic heterocycles. The standard InChI is InChI=1S/C11H14FN5O3/c1-11(12)7(19)5(2-18)20-10(11)17-4-16-6-8(13)14-3-15-9(6)17/h3-5,7,10,18-19H,2H2,1H3,(H2,13,14,15)/t5-,7-,10?,11-/m1/s1. The number of imidazole rings is 1. The van der Waals surface area contributed by atoms with E-state index in [0.29, 0.717) is 11.2 Å². The summed E-state index contributed by atoms with van der Waals surface area (Å²) in [5.74, 6) is 0.173. The molecular weight excluding hydrogens is 269 g/mol. The number of aliphatic hydroxyl groups is 2. The number of hydrogen-bond donors (Lipinski definition) is 3. The normalized spacial score (nSPS) is 33.9. The Morgan fingerprint density at radius 1 is 1.50 bits per heavy atom. The topological polar surface area (TPSA) is 119 Å². The van der Waals surface area contributed by atoms with E-state index in [2.05, 4.69) is 15.0 Å². The van der Waals surface area contributed by atoms with E-state index < -0.39 is 30.7 Å². The summed E-state index contributed by atoms with van der Waals surface area (Å²) in [4.78, 5) is 11.8. The Kier molecular flexibility index (Phi) is 2.85. The van der Waals surface area contributed by atoms with Gasteiger partial charge in [-0.05, 0) is 6.92 Å². The highest BCUT2D eigenvalue weighted by Crippen LogP contribution is 2.42. The van der Waals surface area contributed by atoms with Crippen LogP contribution in [0.5, 0.6) is 0 Å². The van der Waals surface area contributed by atoms with Crippen molar-refractivity contribution in [1.29, 1.82) is 0 Å². The van der Waals surface area contributed by atoms with Gasteiger partial charge in [0.15, 0.2) is 23.4 Å². The predicted molar refractivity (Wildman–Crippen MR) is 66.3 cm³/mol. The minimum Gasteiger partial charge on any atom is -0.394 e. The molecule has 3 heterocycles. The van der Waals surface area contributed by atoms with E-state index in [1.807, 2.05) is 0 Å². The summed E-state index contributed by atoms with van der Waals surface area (Å²) in [5.41, 5.74) is 4.20. The number of anilines is 1. The maximum Gasteiger partial charge on any atom is 0.181 e. The minimum atomic E-state index is -2.10. The van der Waals surface area contributed by atoms with Crippen LogP contribution in [0.4, 0.5) is 10.2 Å². The average Bonchev–Trinajstić information content (AvgIpc) is 2.92. The number of halogens is 1. The summed E-state index contributed by atoms with van der Waals surface area (Å²) < 4.78 is 21.4. The largest absolute Gasteiger partial charge is 0.394 e. The van der Waals surface area contributed by atoms with Crippen LogP contribution in [0.15, 0.2) is 12.7 Å². The summed E-state index contributed by atoms with van der Waals surface area (Å²) in [6.07, 6.45) is -1.06. The quantitative estimate of drug-likeness (QED) is 0.672. The number of alkyl halides is 1. The Morgan fingerprint density at radius 3 is 2.90 bits per heavy atom. The number of aromatic nitrogens is 4. The molecule has 9 heteroatoms. The first-order chi connectivity index (χ1) is 9.46. The van der Waals surface area contributed by atoms with Gasteiger partial charge in [-0.2, -0.15) is 0 Å². The molecule has 1 unspecified atom stereocenters. The van der Waals surface area contributed by atoms with Gasteiger partial charge in [0.1, 0.15) is 24.1 Å². The molecule has 3 rings (SSSR count). The molecule has 8 nitrogen and oxygen atoms in total. The molecule has 4 atom stereocenters. The number of nitrogens with zero attached hydrogens (tertiary/aromatic N) is 4. The second-order valence-electron chi connectivity index (χ2n) is 4.89. The Labute approximate surface area is 113 Å².